The number of carbonyl (C=O) groups excluding carboxylic acids is 2. The highest BCUT2D eigenvalue weighted by Crippen LogP contribution is 2.23. The summed E-state index contributed by atoms with van der Waals surface area (Å²) in [4.78, 5) is 30.8. The van der Waals surface area contributed by atoms with Gasteiger partial charge in [0.25, 0.3) is 5.91 Å². The lowest BCUT2D eigenvalue weighted by atomic mass is 10.0. The molecule has 2 aliphatic rings. The van der Waals surface area contributed by atoms with Crippen LogP contribution in [-0.4, -0.2) is 58.9 Å². The predicted octanol–water partition coefficient (Wildman–Crippen LogP) is 2.49. The molecule has 1 aromatic carbocycles. The second-order valence-corrected chi connectivity index (χ2v) is 7.47. The van der Waals surface area contributed by atoms with E-state index in [1.807, 2.05) is 9.80 Å². The number of aryl methyl sites for hydroxylation is 1. The predicted molar refractivity (Wildman–Crippen MR) is 101 cm³/mol. The van der Waals surface area contributed by atoms with E-state index < -0.39 is 0 Å². The van der Waals surface area contributed by atoms with Crippen LogP contribution in [0.1, 0.15) is 34.5 Å². The van der Waals surface area contributed by atoms with Gasteiger partial charge in [0.1, 0.15) is 0 Å². The highest BCUT2D eigenvalue weighted by atomic mass is 16.3. The molecule has 0 saturated carbocycles. The summed E-state index contributed by atoms with van der Waals surface area (Å²) < 4.78 is 5.21. The highest BCUT2D eigenvalue weighted by Gasteiger charge is 2.35. The Kier molecular flexibility index (Phi) is 4.99. The van der Waals surface area contributed by atoms with Gasteiger partial charge in [0, 0.05) is 25.7 Å². The molecule has 0 unspecified atom stereocenters. The minimum atomic E-state index is -0.0445. The molecule has 0 atom stereocenters. The molecule has 0 bridgehead atoms. The number of nitrogens with zero attached hydrogens (tertiary/aromatic N) is 3. The minimum absolute atomic E-state index is 0.0445. The number of amides is 2. The maximum absolute atomic E-state index is 12.4. The van der Waals surface area contributed by atoms with E-state index >= 15 is 0 Å². The molecule has 2 aromatic rings. The third-order valence-electron chi connectivity index (χ3n) is 5.54. The fraction of sp³-hybridized carbons (Fsp3) is 0.429. The van der Waals surface area contributed by atoms with Crippen LogP contribution in [0.5, 0.6) is 0 Å². The molecular weight excluding hydrogens is 342 g/mol. The average Bonchev–Trinajstić information content (AvgIpc) is 3.34. The van der Waals surface area contributed by atoms with Gasteiger partial charge in [-0.05, 0) is 37.5 Å². The van der Waals surface area contributed by atoms with Crippen LogP contribution in [-0.2, 0) is 11.3 Å². The Morgan fingerprint density at radius 3 is 2.56 bits per heavy atom. The number of carbonyl (C=O) groups is 2. The Labute approximate surface area is 159 Å². The molecule has 6 heteroatoms. The number of piperidine rings is 1. The molecule has 142 valence electrons. The van der Waals surface area contributed by atoms with Gasteiger partial charge < -0.3 is 14.2 Å². The van der Waals surface area contributed by atoms with Crippen molar-refractivity contribution in [1.29, 1.82) is 0 Å². The quantitative estimate of drug-likeness (QED) is 0.833. The lowest BCUT2D eigenvalue weighted by Gasteiger charge is -2.36. The molecule has 2 fully saturated rings. The molecular formula is C21H25N3O3. The van der Waals surface area contributed by atoms with Crippen molar-refractivity contribution in [3.8, 4) is 0 Å². The van der Waals surface area contributed by atoms with E-state index in [1.54, 1.807) is 12.1 Å². The van der Waals surface area contributed by atoms with Gasteiger partial charge in [-0.1, -0.05) is 29.8 Å². The first-order chi connectivity index (χ1) is 13.1. The standard InChI is InChI=1S/C21H25N3O3/c1-16-4-6-17(7-5-16)13-24-15-23(14-20(24)25)18-8-10-22(11-9-18)21(26)19-3-2-12-27-19/h2-7,12,18H,8-11,13-15H2,1H3. The normalized spacial score (nSPS) is 19.1. The lowest BCUT2D eigenvalue weighted by Crippen LogP contribution is -2.46. The number of benzene rings is 1. The fourth-order valence-electron chi connectivity index (χ4n) is 3.91. The van der Waals surface area contributed by atoms with Crippen LogP contribution >= 0.6 is 0 Å². The topological polar surface area (TPSA) is 57.0 Å². The van der Waals surface area contributed by atoms with E-state index in [2.05, 4.69) is 36.1 Å². The van der Waals surface area contributed by atoms with E-state index in [4.69, 9.17) is 4.42 Å². The van der Waals surface area contributed by atoms with Crippen molar-refractivity contribution in [1.82, 2.24) is 14.7 Å². The number of furan rings is 1. The molecule has 0 N–H and O–H groups in total. The van der Waals surface area contributed by atoms with E-state index in [9.17, 15) is 9.59 Å². The maximum Gasteiger partial charge on any atom is 0.289 e. The van der Waals surface area contributed by atoms with Crippen molar-refractivity contribution in [3.63, 3.8) is 0 Å². The van der Waals surface area contributed by atoms with Gasteiger partial charge in [-0.25, -0.2) is 0 Å². The van der Waals surface area contributed by atoms with Crippen LogP contribution < -0.4 is 0 Å². The number of hydrogen-bond donors (Lipinski definition) is 0. The Bertz CT molecular complexity index is 793. The van der Waals surface area contributed by atoms with Crippen LogP contribution in [0.25, 0.3) is 0 Å². The van der Waals surface area contributed by atoms with Gasteiger partial charge in [-0.15, -0.1) is 0 Å². The van der Waals surface area contributed by atoms with Crippen molar-refractivity contribution in [2.45, 2.75) is 32.4 Å². The van der Waals surface area contributed by atoms with Gasteiger partial charge >= 0.3 is 0 Å². The summed E-state index contributed by atoms with van der Waals surface area (Å²) in [5.74, 6) is 0.538. The summed E-state index contributed by atoms with van der Waals surface area (Å²) in [5.41, 5.74) is 2.39. The molecule has 0 radical (unpaired) electrons. The summed E-state index contributed by atoms with van der Waals surface area (Å²) in [6, 6.07) is 12.1. The average molecular weight is 367 g/mol. The Balaban J connectivity index is 1.31. The van der Waals surface area contributed by atoms with Crippen molar-refractivity contribution < 1.29 is 14.0 Å². The summed E-state index contributed by atoms with van der Waals surface area (Å²) in [6.45, 7) is 5.27. The second kappa shape index (κ2) is 7.56. The van der Waals surface area contributed by atoms with Crippen molar-refractivity contribution in [2.24, 2.45) is 0 Å². The largest absolute Gasteiger partial charge is 0.459 e. The second-order valence-electron chi connectivity index (χ2n) is 7.47. The molecule has 2 amide bonds. The molecule has 0 aliphatic carbocycles. The van der Waals surface area contributed by atoms with Crippen molar-refractivity contribution >= 4 is 11.8 Å². The summed E-state index contributed by atoms with van der Waals surface area (Å²) in [7, 11) is 0. The molecule has 27 heavy (non-hydrogen) atoms. The first-order valence-corrected chi connectivity index (χ1v) is 9.50. The molecule has 4 rings (SSSR count). The zero-order valence-corrected chi connectivity index (χ0v) is 15.6. The van der Waals surface area contributed by atoms with Crippen molar-refractivity contribution in [2.75, 3.05) is 26.3 Å². The van der Waals surface area contributed by atoms with Gasteiger partial charge in [0.05, 0.1) is 19.5 Å². The van der Waals surface area contributed by atoms with Crippen LogP contribution in [0.2, 0.25) is 0 Å². The van der Waals surface area contributed by atoms with Crippen LogP contribution in [0, 0.1) is 6.92 Å². The zero-order chi connectivity index (χ0) is 18.8. The Morgan fingerprint density at radius 2 is 1.89 bits per heavy atom. The summed E-state index contributed by atoms with van der Waals surface area (Å²) in [5, 5.41) is 0. The monoisotopic (exact) mass is 367 g/mol. The SMILES string of the molecule is Cc1ccc(CN2CN(C3CCN(C(=O)c4ccco4)CC3)CC2=O)cc1. The van der Waals surface area contributed by atoms with Crippen LogP contribution in [0.4, 0.5) is 0 Å². The maximum atomic E-state index is 12.4. The van der Waals surface area contributed by atoms with Gasteiger partial charge in [-0.3, -0.25) is 14.5 Å². The first-order valence-electron chi connectivity index (χ1n) is 9.50. The number of rotatable bonds is 4. The van der Waals surface area contributed by atoms with Gasteiger partial charge in [-0.2, -0.15) is 0 Å². The van der Waals surface area contributed by atoms with E-state index in [1.165, 1.54) is 11.8 Å². The van der Waals surface area contributed by atoms with E-state index in [0.717, 1.165) is 18.4 Å². The molecule has 1 aromatic heterocycles. The number of hydrogen-bond acceptors (Lipinski definition) is 4. The summed E-state index contributed by atoms with van der Waals surface area (Å²) in [6.07, 6.45) is 3.30. The van der Waals surface area contributed by atoms with Crippen LogP contribution in [0.15, 0.2) is 47.1 Å². The molecule has 3 heterocycles. The lowest BCUT2D eigenvalue weighted by molar-refractivity contribution is -0.127. The molecule has 2 saturated heterocycles. The molecule has 6 nitrogen and oxygen atoms in total. The van der Waals surface area contributed by atoms with Gasteiger partial charge in [0.2, 0.25) is 5.91 Å². The Hall–Kier alpha value is -2.60. The third kappa shape index (κ3) is 3.90. The fourth-order valence-corrected chi connectivity index (χ4v) is 3.91. The molecule has 2 aliphatic heterocycles. The van der Waals surface area contributed by atoms with Crippen LogP contribution in [0.3, 0.4) is 0 Å². The minimum Gasteiger partial charge on any atom is -0.459 e. The third-order valence-corrected chi connectivity index (χ3v) is 5.54. The van der Waals surface area contributed by atoms with Crippen molar-refractivity contribution in [3.05, 3.63) is 59.5 Å². The smallest absolute Gasteiger partial charge is 0.289 e. The summed E-state index contributed by atoms with van der Waals surface area (Å²) >= 11 is 0. The van der Waals surface area contributed by atoms with E-state index in [0.29, 0.717) is 44.6 Å². The van der Waals surface area contributed by atoms with Gasteiger partial charge in [0.15, 0.2) is 5.76 Å². The highest BCUT2D eigenvalue weighted by molar-refractivity contribution is 5.91. The number of likely N-dealkylation sites (tertiary alicyclic amines) is 1. The zero-order valence-electron chi connectivity index (χ0n) is 15.6. The Morgan fingerprint density at radius 1 is 1.15 bits per heavy atom. The van der Waals surface area contributed by atoms with E-state index in [-0.39, 0.29) is 11.8 Å². The molecule has 0 spiro atoms. The first kappa shape index (κ1) is 17.8.